The molecule has 2 heterocycles. The fourth-order valence-electron chi connectivity index (χ4n) is 3.66. The number of rotatable bonds is 5. The summed E-state index contributed by atoms with van der Waals surface area (Å²) in [7, 11) is -3.54. The molecular formula is C21H25N3O3S. The molecule has 1 atom stereocenters. The van der Waals surface area contributed by atoms with E-state index in [2.05, 4.69) is 9.97 Å². The van der Waals surface area contributed by atoms with E-state index < -0.39 is 10.0 Å². The number of hydrogen-bond acceptors (Lipinski definition) is 4. The lowest BCUT2D eigenvalue weighted by atomic mass is 9.99. The molecule has 2 aromatic carbocycles. The molecule has 4 rings (SSSR count). The predicted molar refractivity (Wildman–Crippen MR) is 109 cm³/mol. The van der Waals surface area contributed by atoms with Crippen molar-refractivity contribution in [2.75, 3.05) is 13.1 Å². The zero-order valence-corrected chi connectivity index (χ0v) is 16.9. The normalized spacial score (nSPS) is 18.6. The van der Waals surface area contributed by atoms with Crippen molar-refractivity contribution in [2.45, 2.75) is 43.6 Å². The lowest BCUT2D eigenvalue weighted by Gasteiger charge is -2.31. The molecule has 1 unspecified atom stereocenters. The van der Waals surface area contributed by atoms with E-state index in [0.717, 1.165) is 29.7 Å². The maximum atomic E-state index is 13.1. The van der Waals surface area contributed by atoms with E-state index in [9.17, 15) is 8.42 Å². The number of para-hydroxylation sites is 2. The molecule has 0 radical (unpaired) electrons. The summed E-state index contributed by atoms with van der Waals surface area (Å²) in [6.07, 6.45) is 1.79. The van der Waals surface area contributed by atoms with Gasteiger partial charge in [0.2, 0.25) is 10.0 Å². The highest BCUT2D eigenvalue weighted by atomic mass is 32.2. The number of hydrogen-bond donors (Lipinski definition) is 1. The lowest BCUT2D eigenvalue weighted by Crippen LogP contribution is -2.39. The van der Waals surface area contributed by atoms with Crippen molar-refractivity contribution in [3.8, 4) is 5.75 Å². The molecule has 1 N–H and O–H groups in total. The number of benzene rings is 2. The summed E-state index contributed by atoms with van der Waals surface area (Å²) < 4.78 is 33.4. The van der Waals surface area contributed by atoms with Crippen molar-refractivity contribution in [1.82, 2.24) is 14.3 Å². The minimum absolute atomic E-state index is 0.0501. The van der Waals surface area contributed by atoms with Crippen LogP contribution in [0.15, 0.2) is 53.4 Å². The highest BCUT2D eigenvalue weighted by Crippen LogP contribution is 2.30. The largest absolute Gasteiger partial charge is 0.491 e. The van der Waals surface area contributed by atoms with Crippen LogP contribution in [0.5, 0.6) is 5.75 Å². The topological polar surface area (TPSA) is 75.3 Å². The fraction of sp³-hybridized carbons (Fsp3) is 0.381. The molecule has 1 aromatic heterocycles. The number of ether oxygens (including phenoxy) is 1. The third-order valence-corrected chi connectivity index (χ3v) is 6.89. The van der Waals surface area contributed by atoms with Crippen LogP contribution in [0.1, 0.15) is 38.4 Å². The number of piperidine rings is 1. The molecule has 148 valence electrons. The zero-order valence-electron chi connectivity index (χ0n) is 16.1. The first-order chi connectivity index (χ1) is 13.4. The second kappa shape index (κ2) is 7.56. The van der Waals surface area contributed by atoms with Gasteiger partial charge in [0.15, 0.2) is 0 Å². The Hall–Kier alpha value is -2.38. The van der Waals surface area contributed by atoms with Crippen LogP contribution in [0.4, 0.5) is 0 Å². The zero-order chi connectivity index (χ0) is 19.7. The number of H-pyrrole nitrogens is 1. The Kier molecular flexibility index (Phi) is 5.12. The van der Waals surface area contributed by atoms with Gasteiger partial charge in [-0.2, -0.15) is 4.31 Å². The molecule has 7 heteroatoms. The monoisotopic (exact) mass is 399 g/mol. The summed E-state index contributed by atoms with van der Waals surface area (Å²) in [5.41, 5.74) is 1.90. The minimum Gasteiger partial charge on any atom is -0.491 e. The first kappa shape index (κ1) is 19.0. The highest BCUT2D eigenvalue weighted by molar-refractivity contribution is 7.89. The Morgan fingerprint density at radius 1 is 1.14 bits per heavy atom. The number of fused-ring (bicyclic) bond motifs is 1. The van der Waals surface area contributed by atoms with Crippen molar-refractivity contribution in [2.24, 2.45) is 0 Å². The molecule has 0 bridgehead atoms. The summed E-state index contributed by atoms with van der Waals surface area (Å²) in [6, 6.07) is 14.6. The van der Waals surface area contributed by atoms with Gasteiger partial charge in [-0.25, -0.2) is 13.4 Å². The lowest BCUT2D eigenvalue weighted by molar-refractivity contribution is 0.242. The Balaban J connectivity index is 1.54. The van der Waals surface area contributed by atoms with Gasteiger partial charge in [-0.15, -0.1) is 0 Å². The van der Waals surface area contributed by atoms with Gasteiger partial charge in [0.1, 0.15) is 11.6 Å². The molecule has 3 aromatic rings. The van der Waals surface area contributed by atoms with Crippen LogP contribution >= 0.6 is 0 Å². The quantitative estimate of drug-likeness (QED) is 0.706. The van der Waals surface area contributed by atoms with E-state index in [1.807, 2.05) is 38.1 Å². The molecule has 6 nitrogen and oxygen atoms in total. The van der Waals surface area contributed by atoms with E-state index in [-0.39, 0.29) is 12.0 Å². The molecule has 28 heavy (non-hydrogen) atoms. The van der Waals surface area contributed by atoms with E-state index in [4.69, 9.17) is 4.74 Å². The standard InChI is InChI=1S/C21H25N3O3S/c1-15(2)27-17-9-11-18(12-10-17)28(25,26)24-13-5-6-16(14-24)21-22-19-7-3-4-8-20(19)23-21/h3-4,7-12,15-16H,5-6,13-14H2,1-2H3,(H,22,23). The second-order valence-electron chi connectivity index (χ2n) is 7.48. The number of sulfonamides is 1. The first-order valence-electron chi connectivity index (χ1n) is 9.65. The molecule has 0 spiro atoms. The molecule has 0 aliphatic carbocycles. The molecule has 1 saturated heterocycles. The fourth-order valence-corrected chi connectivity index (χ4v) is 5.19. The Morgan fingerprint density at radius 2 is 1.89 bits per heavy atom. The summed E-state index contributed by atoms with van der Waals surface area (Å²) in [4.78, 5) is 8.32. The van der Waals surface area contributed by atoms with Crippen LogP contribution in [0.25, 0.3) is 11.0 Å². The van der Waals surface area contributed by atoms with E-state index >= 15 is 0 Å². The van der Waals surface area contributed by atoms with Gasteiger partial charge in [0, 0.05) is 19.0 Å². The van der Waals surface area contributed by atoms with Crippen molar-refractivity contribution in [1.29, 1.82) is 0 Å². The van der Waals surface area contributed by atoms with E-state index in [0.29, 0.717) is 23.7 Å². The Morgan fingerprint density at radius 3 is 2.61 bits per heavy atom. The summed E-state index contributed by atoms with van der Waals surface area (Å²) in [5, 5.41) is 0. The first-order valence-corrected chi connectivity index (χ1v) is 11.1. The number of aromatic amines is 1. The van der Waals surface area contributed by atoms with Gasteiger partial charge >= 0.3 is 0 Å². The molecule has 1 fully saturated rings. The van der Waals surface area contributed by atoms with Gasteiger partial charge in [0.05, 0.1) is 22.0 Å². The van der Waals surface area contributed by atoms with Crippen LogP contribution in [0.3, 0.4) is 0 Å². The molecule has 0 amide bonds. The maximum absolute atomic E-state index is 13.1. The number of nitrogens with one attached hydrogen (secondary N) is 1. The SMILES string of the molecule is CC(C)Oc1ccc(S(=O)(=O)N2CCCC(c3nc4ccccc4[nH]3)C2)cc1. The third-order valence-electron chi connectivity index (χ3n) is 5.01. The van der Waals surface area contributed by atoms with E-state index in [1.165, 1.54) is 0 Å². The van der Waals surface area contributed by atoms with E-state index in [1.54, 1.807) is 28.6 Å². The second-order valence-corrected chi connectivity index (χ2v) is 9.42. The van der Waals surface area contributed by atoms with Crippen LogP contribution in [-0.4, -0.2) is 41.9 Å². The number of nitrogens with zero attached hydrogens (tertiary/aromatic N) is 2. The van der Waals surface area contributed by atoms with Crippen molar-refractivity contribution >= 4 is 21.1 Å². The number of imidazole rings is 1. The van der Waals surface area contributed by atoms with Crippen molar-refractivity contribution in [3.63, 3.8) is 0 Å². The van der Waals surface area contributed by atoms with Crippen molar-refractivity contribution in [3.05, 3.63) is 54.4 Å². The van der Waals surface area contributed by atoms with Crippen LogP contribution in [0.2, 0.25) is 0 Å². The van der Waals surface area contributed by atoms with Crippen molar-refractivity contribution < 1.29 is 13.2 Å². The average molecular weight is 400 g/mol. The molecule has 0 saturated carbocycles. The van der Waals surface area contributed by atoms with Crippen LogP contribution in [0, 0.1) is 0 Å². The summed E-state index contributed by atoms with van der Waals surface area (Å²) in [5.74, 6) is 1.61. The highest BCUT2D eigenvalue weighted by Gasteiger charge is 2.32. The average Bonchev–Trinajstić information content (AvgIpc) is 3.12. The van der Waals surface area contributed by atoms with Gasteiger partial charge in [-0.05, 0) is 63.1 Å². The minimum atomic E-state index is -3.54. The van der Waals surface area contributed by atoms with Gasteiger partial charge in [-0.1, -0.05) is 12.1 Å². The van der Waals surface area contributed by atoms with Gasteiger partial charge in [0.25, 0.3) is 0 Å². The summed E-state index contributed by atoms with van der Waals surface area (Å²) >= 11 is 0. The molecule has 1 aliphatic heterocycles. The smallest absolute Gasteiger partial charge is 0.243 e. The van der Waals surface area contributed by atoms with Gasteiger partial charge in [-0.3, -0.25) is 0 Å². The summed E-state index contributed by atoms with van der Waals surface area (Å²) in [6.45, 7) is 4.85. The molecule has 1 aliphatic rings. The molecular weight excluding hydrogens is 374 g/mol. The number of aromatic nitrogens is 2. The maximum Gasteiger partial charge on any atom is 0.243 e. The predicted octanol–water partition coefficient (Wildman–Crippen LogP) is 3.92. The third kappa shape index (κ3) is 3.77. The van der Waals surface area contributed by atoms with Crippen LogP contribution < -0.4 is 4.74 Å². The van der Waals surface area contributed by atoms with Gasteiger partial charge < -0.3 is 9.72 Å². The Bertz CT molecular complexity index is 1020. The van der Waals surface area contributed by atoms with Crippen LogP contribution in [-0.2, 0) is 10.0 Å². The Labute approximate surface area is 165 Å².